The van der Waals surface area contributed by atoms with Crippen LogP contribution in [0.15, 0.2) is 48.5 Å². The third kappa shape index (κ3) is 6.91. The molecule has 2 aliphatic rings. The van der Waals surface area contributed by atoms with Gasteiger partial charge in [0.1, 0.15) is 5.82 Å². The van der Waals surface area contributed by atoms with Crippen LogP contribution in [-0.4, -0.2) is 36.3 Å². The molecule has 1 aliphatic carbocycles. The zero-order valence-corrected chi connectivity index (χ0v) is 16.9. The number of amides is 2. The number of carbonyl (C=O) groups is 2. The number of anilines is 2. The lowest BCUT2D eigenvalue weighted by molar-refractivity contribution is -0.116. The maximum atomic E-state index is 14.3. The molecule has 2 aromatic carbocycles. The Hall–Kier alpha value is -2.80. The van der Waals surface area contributed by atoms with Crippen molar-refractivity contribution < 1.29 is 18.5 Å². The summed E-state index contributed by atoms with van der Waals surface area (Å²) in [5, 5.41) is 2.53. The van der Waals surface area contributed by atoms with Crippen LogP contribution in [0.25, 0.3) is 0 Å². The molecule has 0 unspecified atom stereocenters. The first-order valence-corrected chi connectivity index (χ1v) is 10.4. The van der Waals surface area contributed by atoms with Gasteiger partial charge < -0.3 is 10.2 Å². The number of rotatable bonds is 6. The number of nitrogens with one attached hydrogen (secondary N) is 1. The van der Waals surface area contributed by atoms with Gasteiger partial charge in [-0.2, -0.15) is 0 Å². The van der Waals surface area contributed by atoms with Crippen molar-refractivity contribution in [2.75, 3.05) is 30.1 Å². The number of likely N-dealkylation sites (tertiary alicyclic amines) is 1. The van der Waals surface area contributed by atoms with Crippen LogP contribution in [0.4, 0.5) is 20.2 Å². The average Bonchev–Trinajstić information content (AvgIpc) is 3.55. The fourth-order valence-electron chi connectivity index (χ4n) is 3.06. The van der Waals surface area contributed by atoms with Crippen molar-refractivity contribution in [2.45, 2.75) is 38.5 Å². The summed E-state index contributed by atoms with van der Waals surface area (Å²) < 4.78 is 28.2. The topological polar surface area (TPSA) is 52.7 Å². The number of nitrogens with zero attached hydrogens (tertiary/aromatic N) is 2. The Labute approximate surface area is 175 Å². The largest absolute Gasteiger partial charge is 0.326 e. The first-order valence-electron chi connectivity index (χ1n) is 10.4. The second kappa shape index (κ2) is 10.8. The van der Waals surface area contributed by atoms with E-state index in [9.17, 15) is 18.5 Å². The maximum Gasteiger partial charge on any atom is 0.286 e. The second-order valence-electron chi connectivity index (χ2n) is 7.56. The summed E-state index contributed by atoms with van der Waals surface area (Å²) in [5.41, 5.74) is -0.00890. The van der Waals surface area contributed by atoms with Crippen LogP contribution in [0.1, 0.15) is 48.9 Å². The number of benzene rings is 2. The Kier molecular flexibility index (Phi) is 7.90. The van der Waals surface area contributed by atoms with Crippen LogP contribution < -0.4 is 10.4 Å². The van der Waals surface area contributed by atoms with E-state index in [0.29, 0.717) is 6.54 Å². The van der Waals surface area contributed by atoms with Crippen molar-refractivity contribution in [1.29, 1.82) is 0 Å². The molecule has 160 valence electrons. The molecule has 1 heterocycles. The van der Waals surface area contributed by atoms with Gasteiger partial charge in [-0.15, -0.1) is 5.12 Å². The van der Waals surface area contributed by atoms with Crippen molar-refractivity contribution in [3.63, 3.8) is 0 Å². The minimum absolute atomic E-state index is 0.0444. The van der Waals surface area contributed by atoms with Gasteiger partial charge >= 0.3 is 0 Å². The summed E-state index contributed by atoms with van der Waals surface area (Å²) in [7, 11) is 0. The van der Waals surface area contributed by atoms with Crippen molar-refractivity contribution in [3.05, 3.63) is 59.9 Å². The van der Waals surface area contributed by atoms with E-state index in [4.69, 9.17) is 0 Å². The zero-order valence-electron chi connectivity index (χ0n) is 16.9. The van der Waals surface area contributed by atoms with Crippen molar-refractivity contribution in [1.82, 2.24) is 4.90 Å². The maximum absolute atomic E-state index is 14.3. The van der Waals surface area contributed by atoms with E-state index in [2.05, 4.69) is 10.2 Å². The summed E-state index contributed by atoms with van der Waals surface area (Å²) in [6.45, 7) is 2.61. The Morgan fingerprint density at radius 2 is 1.63 bits per heavy atom. The summed E-state index contributed by atoms with van der Waals surface area (Å²) in [4.78, 5) is 26.6. The molecule has 5 nitrogen and oxygen atoms in total. The van der Waals surface area contributed by atoms with E-state index in [0.717, 1.165) is 38.1 Å². The highest BCUT2D eigenvalue weighted by molar-refractivity contribution is 6.05. The number of hydrogen-bond donors (Lipinski definition) is 1. The van der Waals surface area contributed by atoms with E-state index in [1.165, 1.54) is 37.5 Å². The molecule has 0 radical (unpaired) electrons. The second-order valence-corrected chi connectivity index (χ2v) is 7.56. The standard InChI is InChI=1S/C20H21F2N3O2.C3H6/c21-16-12-15(20(27)25(22)18-6-2-1-3-7-18)13-17(14-16)23-19(26)8-11-24-9-4-5-10-24;1-2-3-1/h1-3,6-7,12-14H,4-5,8-11H2,(H,23,26);1-3H2. The molecular weight excluding hydrogens is 388 g/mol. The molecule has 1 aliphatic heterocycles. The third-order valence-corrected chi connectivity index (χ3v) is 4.80. The summed E-state index contributed by atoms with van der Waals surface area (Å²) in [6, 6.07) is 11.1. The average molecular weight is 415 g/mol. The van der Waals surface area contributed by atoms with Crippen LogP contribution in [-0.2, 0) is 4.79 Å². The van der Waals surface area contributed by atoms with Crippen LogP contribution in [0, 0.1) is 5.82 Å². The monoisotopic (exact) mass is 415 g/mol. The van der Waals surface area contributed by atoms with Crippen molar-refractivity contribution in [3.8, 4) is 0 Å². The van der Waals surface area contributed by atoms with E-state index in [1.54, 1.807) is 18.2 Å². The van der Waals surface area contributed by atoms with Crippen LogP contribution in [0.5, 0.6) is 0 Å². The molecule has 0 aromatic heterocycles. The molecule has 2 aromatic rings. The van der Waals surface area contributed by atoms with E-state index in [-0.39, 0.29) is 34.4 Å². The molecule has 1 saturated carbocycles. The van der Waals surface area contributed by atoms with Gasteiger partial charge in [0.2, 0.25) is 5.91 Å². The summed E-state index contributed by atoms with van der Waals surface area (Å²) in [5.74, 6) is -2.00. The lowest BCUT2D eigenvalue weighted by atomic mass is 10.1. The SMILES string of the molecule is C1CC1.O=C(CCN1CCCC1)Nc1cc(F)cc(C(=O)N(F)c2ccccc2)c1. The minimum atomic E-state index is -1.01. The van der Waals surface area contributed by atoms with Gasteiger partial charge in [0.05, 0.1) is 5.69 Å². The molecule has 2 amide bonds. The summed E-state index contributed by atoms with van der Waals surface area (Å²) >= 11 is 0. The molecule has 2 fully saturated rings. The van der Waals surface area contributed by atoms with Gasteiger partial charge in [-0.1, -0.05) is 41.9 Å². The molecule has 4 rings (SSSR count). The Morgan fingerprint density at radius 1 is 0.967 bits per heavy atom. The predicted octanol–water partition coefficient (Wildman–Crippen LogP) is 4.95. The van der Waals surface area contributed by atoms with Gasteiger partial charge in [0.25, 0.3) is 5.91 Å². The lowest BCUT2D eigenvalue weighted by Crippen LogP contribution is -2.25. The first-order chi connectivity index (χ1) is 14.5. The van der Waals surface area contributed by atoms with E-state index < -0.39 is 11.7 Å². The highest BCUT2D eigenvalue weighted by Gasteiger charge is 2.19. The van der Waals surface area contributed by atoms with Crippen LogP contribution in [0.3, 0.4) is 0 Å². The normalized spacial score (nSPS) is 15.1. The Bertz CT molecular complexity index is 850. The molecule has 1 N–H and O–H groups in total. The van der Waals surface area contributed by atoms with Gasteiger partial charge in [-0.05, 0) is 56.3 Å². The molecule has 7 heteroatoms. The fraction of sp³-hybridized carbons (Fsp3) is 0.391. The van der Waals surface area contributed by atoms with E-state index >= 15 is 0 Å². The van der Waals surface area contributed by atoms with Crippen LogP contribution >= 0.6 is 0 Å². The minimum Gasteiger partial charge on any atom is -0.326 e. The smallest absolute Gasteiger partial charge is 0.286 e. The molecular formula is C23H27F2N3O2. The fourth-order valence-corrected chi connectivity index (χ4v) is 3.06. The van der Waals surface area contributed by atoms with Crippen molar-refractivity contribution >= 4 is 23.2 Å². The van der Waals surface area contributed by atoms with Crippen LogP contribution in [0.2, 0.25) is 0 Å². The van der Waals surface area contributed by atoms with Gasteiger partial charge in [0.15, 0.2) is 0 Å². The van der Waals surface area contributed by atoms with Gasteiger partial charge in [-0.3, -0.25) is 9.59 Å². The Balaban J connectivity index is 0.000000782. The molecule has 0 atom stereocenters. The first kappa shape index (κ1) is 21.9. The number of hydrogen-bond acceptors (Lipinski definition) is 3. The Morgan fingerprint density at radius 3 is 2.27 bits per heavy atom. The van der Waals surface area contributed by atoms with Gasteiger partial charge in [-0.25, -0.2) is 4.39 Å². The quantitative estimate of drug-likeness (QED) is 0.679. The summed E-state index contributed by atoms with van der Waals surface area (Å²) in [6.07, 6.45) is 7.05. The predicted molar refractivity (Wildman–Crippen MR) is 114 cm³/mol. The molecule has 1 saturated heterocycles. The number of carbonyl (C=O) groups excluding carboxylic acids is 2. The van der Waals surface area contributed by atoms with Gasteiger partial charge in [0, 0.05) is 24.2 Å². The molecule has 0 spiro atoms. The number of halogens is 2. The van der Waals surface area contributed by atoms with E-state index in [1.807, 2.05) is 0 Å². The highest BCUT2D eigenvalue weighted by Crippen LogP contribution is 2.21. The number of para-hydroxylation sites is 1. The molecule has 30 heavy (non-hydrogen) atoms. The highest BCUT2D eigenvalue weighted by atomic mass is 19.2. The molecule has 0 bridgehead atoms. The zero-order chi connectivity index (χ0) is 21.3. The third-order valence-electron chi connectivity index (χ3n) is 4.80. The lowest BCUT2D eigenvalue weighted by Gasteiger charge is -2.15. The van der Waals surface area contributed by atoms with Crippen molar-refractivity contribution in [2.24, 2.45) is 0 Å².